The van der Waals surface area contributed by atoms with Gasteiger partial charge in [0, 0.05) is 12.6 Å². The van der Waals surface area contributed by atoms with Gasteiger partial charge in [-0.2, -0.15) is 0 Å². The average molecular weight is 291 g/mol. The van der Waals surface area contributed by atoms with Gasteiger partial charge in [0.2, 0.25) is 0 Å². The molecule has 1 atom stereocenters. The monoisotopic (exact) mass is 291 g/mol. The molecule has 21 heavy (non-hydrogen) atoms. The van der Waals surface area contributed by atoms with Crippen molar-refractivity contribution >= 4 is 11.9 Å². The Morgan fingerprint density at radius 2 is 1.95 bits per heavy atom. The lowest BCUT2D eigenvalue weighted by Crippen LogP contribution is -2.39. The number of carbonyl (C=O) groups excluding carboxylic acids is 1. The van der Waals surface area contributed by atoms with Crippen LogP contribution in [0.1, 0.15) is 30.4 Å². The minimum absolute atomic E-state index is 0.00922. The Morgan fingerprint density at radius 1 is 1.29 bits per heavy atom. The molecule has 1 aliphatic rings. The standard InChI is InChI=1S/C16H21NO4/c1-11-6-12(2)8-14(7-11)21-10-15(18)17-5-3-4-13(17)9-16(19)20/h6-8,13H,3-5,9-10H2,1-2H3,(H,19,20). The minimum Gasteiger partial charge on any atom is -0.484 e. The molecule has 1 N–H and O–H groups in total. The number of carboxylic acids is 1. The highest BCUT2D eigenvalue weighted by atomic mass is 16.5. The van der Waals surface area contributed by atoms with Crippen molar-refractivity contribution in [3.8, 4) is 5.75 Å². The Labute approximate surface area is 124 Å². The van der Waals surface area contributed by atoms with E-state index in [0.717, 1.165) is 24.0 Å². The van der Waals surface area contributed by atoms with Crippen molar-refractivity contribution in [3.63, 3.8) is 0 Å². The predicted octanol–water partition coefficient (Wildman–Crippen LogP) is 2.15. The summed E-state index contributed by atoms with van der Waals surface area (Å²) in [6.45, 7) is 4.53. The first-order chi connectivity index (χ1) is 9.95. The SMILES string of the molecule is Cc1cc(C)cc(OCC(=O)N2CCCC2CC(=O)O)c1. The molecule has 1 amide bonds. The lowest BCUT2D eigenvalue weighted by molar-refractivity contribution is -0.140. The van der Waals surface area contributed by atoms with Crippen molar-refractivity contribution in [3.05, 3.63) is 29.3 Å². The zero-order valence-electron chi connectivity index (χ0n) is 12.5. The van der Waals surface area contributed by atoms with E-state index in [9.17, 15) is 9.59 Å². The van der Waals surface area contributed by atoms with Crippen molar-refractivity contribution in [1.29, 1.82) is 0 Å². The fraction of sp³-hybridized carbons (Fsp3) is 0.500. The van der Waals surface area contributed by atoms with Crippen LogP contribution in [-0.4, -0.2) is 41.1 Å². The lowest BCUT2D eigenvalue weighted by atomic mass is 10.1. The molecule has 0 radical (unpaired) electrons. The van der Waals surface area contributed by atoms with Crippen LogP contribution >= 0.6 is 0 Å². The number of ether oxygens (including phenoxy) is 1. The molecule has 1 aromatic rings. The van der Waals surface area contributed by atoms with E-state index in [1.54, 1.807) is 4.90 Å². The number of hydrogen-bond acceptors (Lipinski definition) is 3. The number of aryl methyl sites for hydroxylation is 2. The molecule has 1 fully saturated rings. The molecule has 0 saturated carbocycles. The lowest BCUT2D eigenvalue weighted by Gasteiger charge is -2.23. The van der Waals surface area contributed by atoms with Crippen LogP contribution in [0.5, 0.6) is 5.75 Å². The number of hydrogen-bond donors (Lipinski definition) is 1. The molecule has 1 heterocycles. The van der Waals surface area contributed by atoms with Gasteiger partial charge in [0.15, 0.2) is 6.61 Å². The van der Waals surface area contributed by atoms with E-state index in [2.05, 4.69) is 0 Å². The summed E-state index contributed by atoms with van der Waals surface area (Å²) < 4.78 is 5.56. The largest absolute Gasteiger partial charge is 0.484 e. The number of benzene rings is 1. The molecule has 114 valence electrons. The Kier molecular flexibility index (Phi) is 4.83. The highest BCUT2D eigenvalue weighted by Gasteiger charge is 2.30. The molecule has 1 aromatic carbocycles. The third kappa shape index (κ3) is 4.21. The highest BCUT2D eigenvalue weighted by molar-refractivity contribution is 5.79. The molecule has 1 saturated heterocycles. The van der Waals surface area contributed by atoms with Crippen LogP contribution < -0.4 is 4.74 Å². The van der Waals surface area contributed by atoms with Gasteiger partial charge in [0.05, 0.1) is 6.42 Å². The van der Waals surface area contributed by atoms with Crippen LogP contribution in [0.15, 0.2) is 18.2 Å². The van der Waals surface area contributed by atoms with Gasteiger partial charge in [-0.1, -0.05) is 6.07 Å². The van der Waals surface area contributed by atoms with Crippen LogP contribution in [-0.2, 0) is 9.59 Å². The summed E-state index contributed by atoms with van der Waals surface area (Å²) in [5.41, 5.74) is 2.17. The third-order valence-corrected chi connectivity index (χ3v) is 3.67. The molecule has 0 aromatic heterocycles. The van der Waals surface area contributed by atoms with Gasteiger partial charge in [0.1, 0.15) is 5.75 Å². The molecule has 5 nitrogen and oxygen atoms in total. The van der Waals surface area contributed by atoms with E-state index in [4.69, 9.17) is 9.84 Å². The summed E-state index contributed by atoms with van der Waals surface area (Å²) in [5, 5.41) is 8.87. The summed E-state index contributed by atoms with van der Waals surface area (Å²) in [4.78, 5) is 24.6. The number of rotatable bonds is 5. The summed E-state index contributed by atoms with van der Waals surface area (Å²) in [6, 6.07) is 5.62. The highest BCUT2D eigenvalue weighted by Crippen LogP contribution is 2.21. The van der Waals surface area contributed by atoms with Crippen molar-refractivity contribution < 1.29 is 19.4 Å². The van der Waals surface area contributed by atoms with Gasteiger partial charge in [-0.25, -0.2) is 0 Å². The first kappa shape index (κ1) is 15.4. The molecule has 1 aliphatic heterocycles. The number of carboxylic acid groups (broad SMARTS) is 1. The van der Waals surface area contributed by atoms with Crippen LogP contribution in [0.25, 0.3) is 0 Å². The Morgan fingerprint density at radius 3 is 2.57 bits per heavy atom. The fourth-order valence-electron chi connectivity index (χ4n) is 2.82. The quantitative estimate of drug-likeness (QED) is 0.902. The third-order valence-electron chi connectivity index (χ3n) is 3.67. The van der Waals surface area contributed by atoms with E-state index < -0.39 is 5.97 Å². The van der Waals surface area contributed by atoms with Crippen molar-refractivity contribution in [1.82, 2.24) is 4.90 Å². The summed E-state index contributed by atoms with van der Waals surface area (Å²) in [7, 11) is 0. The number of likely N-dealkylation sites (tertiary alicyclic amines) is 1. The molecular formula is C16H21NO4. The summed E-state index contributed by atoms with van der Waals surface area (Å²) >= 11 is 0. The maximum Gasteiger partial charge on any atom is 0.305 e. The molecule has 0 aliphatic carbocycles. The second-order valence-electron chi connectivity index (χ2n) is 5.59. The second kappa shape index (κ2) is 6.61. The van der Waals surface area contributed by atoms with Crippen LogP contribution in [0.4, 0.5) is 0 Å². The number of amides is 1. The normalized spacial score (nSPS) is 17.8. The van der Waals surface area contributed by atoms with Crippen LogP contribution in [0, 0.1) is 13.8 Å². The van der Waals surface area contributed by atoms with Gasteiger partial charge in [-0.05, 0) is 49.9 Å². The van der Waals surface area contributed by atoms with Gasteiger partial charge in [0.25, 0.3) is 5.91 Å². The van der Waals surface area contributed by atoms with E-state index in [0.29, 0.717) is 12.3 Å². The van der Waals surface area contributed by atoms with E-state index in [1.807, 2.05) is 32.0 Å². The number of nitrogens with zero attached hydrogens (tertiary/aromatic N) is 1. The molecule has 0 spiro atoms. The Hall–Kier alpha value is -2.04. The van der Waals surface area contributed by atoms with Crippen molar-refractivity contribution in [2.75, 3.05) is 13.2 Å². The average Bonchev–Trinajstić information content (AvgIpc) is 2.82. The predicted molar refractivity (Wildman–Crippen MR) is 78.4 cm³/mol. The zero-order chi connectivity index (χ0) is 15.4. The van der Waals surface area contributed by atoms with Crippen LogP contribution in [0.2, 0.25) is 0 Å². The first-order valence-electron chi connectivity index (χ1n) is 7.18. The smallest absolute Gasteiger partial charge is 0.305 e. The van der Waals surface area contributed by atoms with E-state index in [-0.39, 0.29) is 25.0 Å². The summed E-state index contributed by atoms with van der Waals surface area (Å²) in [5.74, 6) is -0.331. The fourth-order valence-corrected chi connectivity index (χ4v) is 2.82. The minimum atomic E-state index is -0.866. The Bertz CT molecular complexity index is 521. The number of carbonyl (C=O) groups is 2. The van der Waals surface area contributed by atoms with Crippen LogP contribution in [0.3, 0.4) is 0 Å². The maximum atomic E-state index is 12.2. The van der Waals surface area contributed by atoms with E-state index >= 15 is 0 Å². The zero-order valence-corrected chi connectivity index (χ0v) is 12.5. The maximum absolute atomic E-state index is 12.2. The van der Waals surface area contributed by atoms with E-state index in [1.165, 1.54) is 0 Å². The Balaban J connectivity index is 1.93. The van der Waals surface area contributed by atoms with Gasteiger partial charge in [-0.3, -0.25) is 9.59 Å². The summed E-state index contributed by atoms with van der Waals surface area (Å²) in [6.07, 6.45) is 1.62. The van der Waals surface area contributed by atoms with Crippen molar-refractivity contribution in [2.45, 2.75) is 39.2 Å². The second-order valence-corrected chi connectivity index (χ2v) is 5.59. The van der Waals surface area contributed by atoms with Crippen molar-refractivity contribution in [2.24, 2.45) is 0 Å². The molecule has 0 bridgehead atoms. The van der Waals surface area contributed by atoms with Gasteiger partial charge in [-0.15, -0.1) is 0 Å². The number of aliphatic carboxylic acids is 1. The molecule has 1 unspecified atom stereocenters. The van der Waals surface area contributed by atoms with Gasteiger partial charge < -0.3 is 14.7 Å². The first-order valence-corrected chi connectivity index (χ1v) is 7.18. The molecule has 5 heteroatoms. The molecule has 2 rings (SSSR count). The molecular weight excluding hydrogens is 270 g/mol. The topological polar surface area (TPSA) is 66.8 Å². The van der Waals surface area contributed by atoms with Gasteiger partial charge >= 0.3 is 5.97 Å².